The normalized spacial score (nSPS) is 14.0. The molecule has 0 saturated heterocycles. The van der Waals surface area contributed by atoms with Crippen LogP contribution >= 0.6 is 0 Å². The van der Waals surface area contributed by atoms with Crippen LogP contribution in [0, 0.1) is 11.3 Å². The predicted molar refractivity (Wildman–Crippen MR) is 58.0 cm³/mol. The first-order valence-electron chi connectivity index (χ1n) is 4.63. The molecule has 0 heterocycles. The van der Waals surface area contributed by atoms with E-state index < -0.39 is 13.9 Å². The quantitative estimate of drug-likeness (QED) is 0.639. The van der Waals surface area contributed by atoms with Gasteiger partial charge >= 0.3 is 0 Å². The monoisotopic (exact) mass is 199 g/mol. The summed E-state index contributed by atoms with van der Waals surface area (Å²) in [5, 5.41) is 9.04. The molecule has 0 saturated carbocycles. The smallest absolute Gasteiger partial charge is 0.194 e. The van der Waals surface area contributed by atoms with Crippen LogP contribution < -0.4 is 0 Å². The van der Waals surface area contributed by atoms with Gasteiger partial charge in [-0.1, -0.05) is 20.8 Å². The number of nitriles is 1. The Hall–Kier alpha value is -0.333. The molecule has 2 nitrogen and oxygen atoms in total. The van der Waals surface area contributed by atoms with Crippen molar-refractivity contribution in [1.29, 1.82) is 5.26 Å². The maximum Gasteiger partial charge on any atom is 0.194 e. The van der Waals surface area contributed by atoms with E-state index in [0.29, 0.717) is 0 Å². The summed E-state index contributed by atoms with van der Waals surface area (Å²) >= 11 is 0. The van der Waals surface area contributed by atoms with Gasteiger partial charge in [-0.05, 0) is 32.0 Å². The van der Waals surface area contributed by atoms with Crippen molar-refractivity contribution in [1.82, 2.24) is 0 Å². The van der Waals surface area contributed by atoms with Crippen LogP contribution in [-0.2, 0) is 4.43 Å². The zero-order chi connectivity index (χ0) is 10.9. The molecule has 0 fully saturated rings. The Kier molecular flexibility index (Phi) is 3.34. The van der Waals surface area contributed by atoms with E-state index in [-0.39, 0.29) is 5.04 Å². The van der Waals surface area contributed by atoms with Crippen LogP contribution in [0.5, 0.6) is 0 Å². The van der Waals surface area contributed by atoms with Gasteiger partial charge in [-0.25, -0.2) is 0 Å². The highest BCUT2D eigenvalue weighted by Gasteiger charge is 2.41. The van der Waals surface area contributed by atoms with E-state index in [0.717, 1.165) is 0 Å². The van der Waals surface area contributed by atoms with Crippen molar-refractivity contribution < 1.29 is 4.43 Å². The molecule has 0 radical (unpaired) electrons. The molecule has 0 atom stereocenters. The molecular weight excluding hydrogens is 178 g/mol. The maximum atomic E-state index is 8.87. The molecule has 0 aromatic heterocycles. The van der Waals surface area contributed by atoms with Gasteiger partial charge in [0.15, 0.2) is 8.32 Å². The fourth-order valence-electron chi connectivity index (χ4n) is 0.814. The molecule has 3 heteroatoms. The van der Waals surface area contributed by atoms with E-state index in [1.54, 1.807) is 0 Å². The highest BCUT2D eigenvalue weighted by Crippen LogP contribution is 2.38. The predicted octanol–water partition coefficient (Wildman–Crippen LogP) is 3.31. The number of rotatable bonds is 2. The Morgan fingerprint density at radius 3 is 1.69 bits per heavy atom. The van der Waals surface area contributed by atoms with Crippen LogP contribution in [0.2, 0.25) is 18.1 Å². The largest absolute Gasteiger partial charge is 0.399 e. The Labute approximate surface area is 83.0 Å². The van der Waals surface area contributed by atoms with Crippen molar-refractivity contribution in [3.63, 3.8) is 0 Å². The first kappa shape index (κ1) is 12.7. The molecule has 0 aromatic rings. The van der Waals surface area contributed by atoms with Crippen molar-refractivity contribution in [3.8, 4) is 6.07 Å². The summed E-state index contributed by atoms with van der Waals surface area (Å²) in [6.07, 6.45) is 0. The van der Waals surface area contributed by atoms with Gasteiger partial charge in [-0.15, -0.1) is 0 Å². The second kappa shape index (κ2) is 3.43. The molecule has 0 aliphatic heterocycles. The zero-order valence-electron chi connectivity index (χ0n) is 9.86. The van der Waals surface area contributed by atoms with E-state index in [1.165, 1.54) is 0 Å². The lowest BCUT2D eigenvalue weighted by Crippen LogP contribution is -2.46. The minimum absolute atomic E-state index is 0.168. The Morgan fingerprint density at radius 1 is 1.08 bits per heavy atom. The Morgan fingerprint density at radius 2 is 1.46 bits per heavy atom. The molecule has 0 N–H and O–H groups in total. The van der Waals surface area contributed by atoms with Crippen molar-refractivity contribution in [2.24, 2.45) is 0 Å². The summed E-state index contributed by atoms with van der Waals surface area (Å²) in [7, 11) is -1.78. The van der Waals surface area contributed by atoms with Gasteiger partial charge in [0, 0.05) is 0 Å². The van der Waals surface area contributed by atoms with Crippen molar-refractivity contribution in [2.45, 2.75) is 58.4 Å². The average molecular weight is 199 g/mol. The second-order valence-corrected chi connectivity index (χ2v) is 10.2. The van der Waals surface area contributed by atoms with Crippen molar-refractivity contribution in [2.75, 3.05) is 0 Å². The molecule has 0 bridgehead atoms. The zero-order valence-corrected chi connectivity index (χ0v) is 10.9. The molecule has 0 aliphatic rings. The van der Waals surface area contributed by atoms with Gasteiger partial charge in [0.1, 0.15) is 5.60 Å². The van der Waals surface area contributed by atoms with Crippen LogP contribution in [0.25, 0.3) is 0 Å². The van der Waals surface area contributed by atoms with Gasteiger partial charge in [0.25, 0.3) is 0 Å². The topological polar surface area (TPSA) is 33.0 Å². The van der Waals surface area contributed by atoms with E-state index in [9.17, 15) is 0 Å². The van der Waals surface area contributed by atoms with Crippen LogP contribution in [0.4, 0.5) is 0 Å². The van der Waals surface area contributed by atoms with E-state index in [2.05, 4.69) is 39.9 Å². The summed E-state index contributed by atoms with van der Waals surface area (Å²) in [5.74, 6) is 0. The first-order valence-corrected chi connectivity index (χ1v) is 7.54. The summed E-state index contributed by atoms with van der Waals surface area (Å²) in [5.41, 5.74) is -0.650. The highest BCUT2D eigenvalue weighted by atomic mass is 28.4. The van der Waals surface area contributed by atoms with Crippen LogP contribution in [-0.4, -0.2) is 13.9 Å². The maximum absolute atomic E-state index is 8.87. The molecule has 13 heavy (non-hydrogen) atoms. The third kappa shape index (κ3) is 3.49. The fourth-order valence-corrected chi connectivity index (χ4v) is 2.44. The van der Waals surface area contributed by atoms with Gasteiger partial charge in [0.2, 0.25) is 0 Å². The number of nitrogens with zero attached hydrogens (tertiary/aromatic N) is 1. The molecule has 0 aliphatic carbocycles. The Bertz CT molecular complexity index is 220. The third-order valence-corrected chi connectivity index (χ3v) is 7.22. The van der Waals surface area contributed by atoms with Crippen LogP contribution in [0.1, 0.15) is 34.6 Å². The highest BCUT2D eigenvalue weighted by molar-refractivity contribution is 6.74. The van der Waals surface area contributed by atoms with Crippen LogP contribution in [0.3, 0.4) is 0 Å². The molecule has 0 aromatic carbocycles. The van der Waals surface area contributed by atoms with Gasteiger partial charge in [0.05, 0.1) is 6.07 Å². The lowest BCUT2D eigenvalue weighted by atomic mass is 10.2. The summed E-state index contributed by atoms with van der Waals surface area (Å²) in [4.78, 5) is 0. The molecule has 0 rings (SSSR count). The van der Waals surface area contributed by atoms with Gasteiger partial charge in [-0.2, -0.15) is 5.26 Å². The molecular formula is C10H21NOSi. The lowest BCUT2D eigenvalue weighted by molar-refractivity contribution is 0.149. The standard InChI is InChI=1S/C10H21NOSi/c1-9(2,3)13(6,7)12-10(4,5)8-11/h1-7H3. The molecule has 76 valence electrons. The summed E-state index contributed by atoms with van der Waals surface area (Å²) < 4.78 is 5.92. The van der Waals surface area contributed by atoms with Crippen LogP contribution in [0.15, 0.2) is 0 Å². The third-order valence-electron chi connectivity index (χ3n) is 2.59. The number of hydrogen-bond donors (Lipinski definition) is 0. The SMILES string of the molecule is CC(C)(C#N)O[Si](C)(C)C(C)(C)C. The minimum atomic E-state index is -1.78. The summed E-state index contributed by atoms with van der Waals surface area (Å²) in [6, 6.07) is 2.18. The fraction of sp³-hybridized carbons (Fsp3) is 0.900. The average Bonchev–Trinajstić information content (AvgIpc) is 1.83. The van der Waals surface area contributed by atoms with Crippen molar-refractivity contribution in [3.05, 3.63) is 0 Å². The van der Waals surface area contributed by atoms with Crippen molar-refractivity contribution >= 4 is 8.32 Å². The second-order valence-electron chi connectivity index (χ2n) is 5.48. The van der Waals surface area contributed by atoms with E-state index >= 15 is 0 Å². The van der Waals surface area contributed by atoms with E-state index in [4.69, 9.17) is 9.69 Å². The Balaban J connectivity index is 4.64. The summed E-state index contributed by atoms with van der Waals surface area (Å²) in [6.45, 7) is 14.5. The lowest BCUT2D eigenvalue weighted by Gasteiger charge is -2.40. The number of hydrogen-bond acceptors (Lipinski definition) is 2. The minimum Gasteiger partial charge on any atom is -0.399 e. The molecule has 0 spiro atoms. The van der Waals surface area contributed by atoms with Gasteiger partial charge in [-0.3, -0.25) is 0 Å². The molecule has 0 amide bonds. The molecule has 0 unspecified atom stereocenters. The van der Waals surface area contributed by atoms with E-state index in [1.807, 2.05) is 13.8 Å². The van der Waals surface area contributed by atoms with Gasteiger partial charge < -0.3 is 4.43 Å². The first-order chi connectivity index (χ1) is 5.52.